The lowest BCUT2D eigenvalue weighted by molar-refractivity contribution is -0.137. The Morgan fingerprint density at radius 3 is 2.50 bits per heavy atom. The van der Waals surface area contributed by atoms with Gasteiger partial charge in [-0.3, -0.25) is 13.9 Å². The highest BCUT2D eigenvalue weighted by atomic mass is 19.4. The number of likely N-dealkylation sites (N-methyl/N-ethyl adjacent to an activating group) is 2. The molecule has 0 aliphatic heterocycles. The van der Waals surface area contributed by atoms with E-state index in [4.69, 9.17) is 0 Å². The third-order valence-corrected chi connectivity index (χ3v) is 7.23. The van der Waals surface area contributed by atoms with Gasteiger partial charge in [0.1, 0.15) is 11.5 Å². The maximum absolute atomic E-state index is 15.1. The number of benzene rings is 2. The van der Waals surface area contributed by atoms with Crippen LogP contribution in [-0.2, 0) is 13.2 Å². The summed E-state index contributed by atoms with van der Waals surface area (Å²) in [5, 5.41) is 9.88. The molecule has 0 bridgehead atoms. The second kappa shape index (κ2) is 12.9. The monoisotopic (exact) mass is 632 g/mol. The zero-order chi connectivity index (χ0) is 33.2. The van der Waals surface area contributed by atoms with Gasteiger partial charge in [0.05, 0.1) is 34.9 Å². The second-order valence-electron chi connectivity index (χ2n) is 11.1. The minimum Gasteiger partial charge on any atom is -0.373 e. The van der Waals surface area contributed by atoms with Crippen molar-refractivity contribution in [3.05, 3.63) is 101 Å². The lowest BCUT2D eigenvalue weighted by Gasteiger charge is -2.23. The molecular formula is C33H32F4N8O. The fourth-order valence-corrected chi connectivity index (χ4v) is 4.70. The van der Waals surface area contributed by atoms with Crippen LogP contribution in [0.15, 0.2) is 67.3 Å². The van der Waals surface area contributed by atoms with Gasteiger partial charge in [0.2, 0.25) is 0 Å². The Hall–Kier alpha value is -5.35. The number of hydrogen-bond acceptors (Lipinski definition) is 6. The van der Waals surface area contributed by atoms with Crippen LogP contribution in [0.3, 0.4) is 0 Å². The molecule has 1 amide bonds. The molecule has 0 radical (unpaired) electrons. The molecule has 2 N–H and O–H groups in total. The third-order valence-electron chi connectivity index (χ3n) is 7.23. The van der Waals surface area contributed by atoms with Crippen LogP contribution in [0.2, 0.25) is 0 Å². The van der Waals surface area contributed by atoms with Crippen LogP contribution < -0.4 is 15.5 Å². The van der Waals surface area contributed by atoms with Crippen LogP contribution in [0.4, 0.5) is 40.3 Å². The number of alkyl halides is 3. The normalized spacial score (nSPS) is 11.4. The molecule has 9 nitrogen and oxygen atoms in total. The standard InChI is InChI=1S/C33H32F4N8O/c1-21-13-29(34)28(32(46)41-24-15-23(33(35,36)37)16-27(17-24)43(4)12-11-42(2)3)14-22(21)8-9-26-19-38-31-30(7-6-10-45(26)31)40-25-18-39-44(5)20-25/h6-7,10,13-20,40H,11-12H2,1-5H3,(H,41,46). The summed E-state index contributed by atoms with van der Waals surface area (Å²) in [7, 11) is 7.19. The first kappa shape index (κ1) is 32.1. The Labute approximate surface area is 263 Å². The van der Waals surface area contributed by atoms with Gasteiger partial charge >= 0.3 is 6.18 Å². The molecule has 3 aromatic heterocycles. The average Bonchev–Trinajstić information content (AvgIpc) is 3.60. The van der Waals surface area contributed by atoms with Gasteiger partial charge in [-0.15, -0.1) is 0 Å². The largest absolute Gasteiger partial charge is 0.416 e. The summed E-state index contributed by atoms with van der Waals surface area (Å²) in [6, 6.07) is 9.46. The Kier molecular flexibility index (Phi) is 9.02. The van der Waals surface area contributed by atoms with E-state index in [-0.39, 0.29) is 16.9 Å². The number of hydrogen-bond donors (Lipinski definition) is 2. The average molecular weight is 633 g/mol. The first-order valence-electron chi connectivity index (χ1n) is 14.2. The summed E-state index contributed by atoms with van der Waals surface area (Å²) >= 11 is 0. The molecule has 0 aliphatic rings. The maximum atomic E-state index is 15.1. The molecule has 238 valence electrons. The number of anilines is 4. The highest BCUT2D eigenvalue weighted by Crippen LogP contribution is 2.34. The van der Waals surface area contributed by atoms with Crippen molar-refractivity contribution in [2.24, 2.45) is 7.05 Å². The van der Waals surface area contributed by atoms with E-state index in [9.17, 15) is 18.0 Å². The van der Waals surface area contributed by atoms with E-state index >= 15 is 4.39 Å². The molecule has 2 aromatic carbocycles. The minimum atomic E-state index is -4.65. The van der Waals surface area contributed by atoms with Crippen molar-refractivity contribution in [1.29, 1.82) is 0 Å². The molecule has 0 aliphatic carbocycles. The summed E-state index contributed by atoms with van der Waals surface area (Å²) in [4.78, 5) is 21.3. The lowest BCUT2D eigenvalue weighted by Crippen LogP contribution is -2.28. The molecule has 5 rings (SSSR count). The van der Waals surface area contributed by atoms with Gasteiger partial charge in [-0.25, -0.2) is 9.37 Å². The summed E-state index contributed by atoms with van der Waals surface area (Å²) in [5.74, 6) is 4.31. The van der Waals surface area contributed by atoms with Gasteiger partial charge in [-0.2, -0.15) is 18.3 Å². The van der Waals surface area contributed by atoms with Gasteiger partial charge < -0.3 is 20.4 Å². The smallest absolute Gasteiger partial charge is 0.373 e. The molecule has 0 spiro atoms. The molecule has 46 heavy (non-hydrogen) atoms. The van der Waals surface area contributed by atoms with Crippen molar-refractivity contribution in [2.45, 2.75) is 13.1 Å². The number of halogens is 4. The first-order chi connectivity index (χ1) is 21.8. The number of rotatable bonds is 8. The topological polar surface area (TPSA) is 82.7 Å². The number of fused-ring (bicyclic) bond motifs is 1. The minimum absolute atomic E-state index is 0.111. The Morgan fingerprint density at radius 1 is 1.02 bits per heavy atom. The zero-order valence-electron chi connectivity index (χ0n) is 25.9. The number of aryl methyl sites for hydroxylation is 2. The highest BCUT2D eigenvalue weighted by Gasteiger charge is 2.32. The van der Waals surface area contributed by atoms with Crippen molar-refractivity contribution < 1.29 is 22.4 Å². The molecule has 0 fully saturated rings. The first-order valence-corrected chi connectivity index (χ1v) is 14.2. The molecule has 0 saturated carbocycles. The predicted octanol–water partition coefficient (Wildman–Crippen LogP) is 5.93. The summed E-state index contributed by atoms with van der Waals surface area (Å²) < 4.78 is 59.7. The summed E-state index contributed by atoms with van der Waals surface area (Å²) in [6.07, 6.45) is 2.27. The van der Waals surface area contributed by atoms with Crippen molar-refractivity contribution in [3.63, 3.8) is 0 Å². The number of nitrogens with zero attached hydrogens (tertiary/aromatic N) is 6. The number of amides is 1. The lowest BCUT2D eigenvalue weighted by atomic mass is 10.0. The summed E-state index contributed by atoms with van der Waals surface area (Å²) in [6.45, 7) is 2.71. The quantitative estimate of drug-likeness (QED) is 0.163. The fraction of sp³-hybridized carbons (Fsp3) is 0.242. The predicted molar refractivity (Wildman–Crippen MR) is 170 cm³/mol. The molecule has 13 heteroatoms. The number of carbonyl (C=O) groups excluding carboxylic acids is 1. The van der Waals surface area contributed by atoms with Gasteiger partial charge in [0, 0.05) is 56.5 Å². The van der Waals surface area contributed by atoms with E-state index in [0.717, 1.165) is 23.5 Å². The SMILES string of the molecule is Cc1cc(F)c(C(=O)Nc2cc(N(C)CCN(C)C)cc(C(F)(F)F)c2)cc1C#Cc1cnc2c(Nc3cnn(C)c3)cccn12. The Bertz CT molecular complexity index is 1970. The zero-order valence-corrected chi connectivity index (χ0v) is 25.9. The van der Waals surface area contributed by atoms with Crippen molar-refractivity contribution in [2.75, 3.05) is 49.8 Å². The van der Waals surface area contributed by atoms with Crippen LogP contribution in [0.25, 0.3) is 5.65 Å². The number of nitrogens with one attached hydrogen (secondary N) is 2. The van der Waals surface area contributed by atoms with Crippen molar-refractivity contribution in [3.8, 4) is 11.8 Å². The molecule has 0 saturated heterocycles. The van der Waals surface area contributed by atoms with Crippen LogP contribution >= 0.6 is 0 Å². The van der Waals surface area contributed by atoms with Crippen LogP contribution in [-0.4, -0.2) is 64.2 Å². The van der Waals surface area contributed by atoms with Crippen LogP contribution in [0.5, 0.6) is 0 Å². The van der Waals surface area contributed by atoms with Crippen LogP contribution in [0, 0.1) is 24.6 Å². The molecule has 0 unspecified atom stereocenters. The van der Waals surface area contributed by atoms with E-state index in [0.29, 0.717) is 35.6 Å². The van der Waals surface area contributed by atoms with Gasteiger partial charge in [-0.1, -0.05) is 5.92 Å². The van der Waals surface area contributed by atoms with Gasteiger partial charge in [0.15, 0.2) is 5.65 Å². The number of aromatic nitrogens is 4. The third kappa shape index (κ3) is 7.30. The number of pyridine rings is 1. The van der Waals surface area contributed by atoms with E-state index < -0.39 is 23.5 Å². The molecular weight excluding hydrogens is 600 g/mol. The van der Waals surface area contributed by atoms with E-state index in [1.807, 2.05) is 44.4 Å². The number of imidazole rings is 1. The highest BCUT2D eigenvalue weighted by molar-refractivity contribution is 6.05. The number of carbonyl (C=O) groups is 1. The van der Waals surface area contributed by atoms with Gasteiger partial charge in [-0.05, 0) is 75.0 Å². The molecule has 5 aromatic rings. The Morgan fingerprint density at radius 2 is 1.80 bits per heavy atom. The van der Waals surface area contributed by atoms with E-state index in [1.54, 1.807) is 46.5 Å². The summed E-state index contributed by atoms with van der Waals surface area (Å²) in [5.41, 5.74) is 2.43. The molecule has 0 atom stereocenters. The fourth-order valence-electron chi connectivity index (χ4n) is 4.70. The van der Waals surface area contributed by atoms with Gasteiger partial charge in [0.25, 0.3) is 5.91 Å². The second-order valence-corrected chi connectivity index (χ2v) is 11.1. The van der Waals surface area contributed by atoms with E-state index in [2.05, 4.69) is 32.6 Å². The Balaban J connectivity index is 1.42. The molecule has 3 heterocycles. The maximum Gasteiger partial charge on any atom is 0.416 e. The van der Waals surface area contributed by atoms with Crippen molar-refractivity contribution >= 4 is 34.3 Å². The van der Waals surface area contributed by atoms with Crippen LogP contribution in [0.1, 0.15) is 32.7 Å². The van der Waals surface area contributed by atoms with Crippen molar-refractivity contribution in [1.82, 2.24) is 24.1 Å². The van der Waals surface area contributed by atoms with E-state index in [1.165, 1.54) is 18.2 Å².